The number of carbonyl (C=O) groups excluding carboxylic acids is 1. The first-order chi connectivity index (χ1) is 11.5. The number of amides is 1. The van der Waals surface area contributed by atoms with Crippen LogP contribution in [0.5, 0.6) is 5.75 Å². The van der Waals surface area contributed by atoms with Crippen molar-refractivity contribution in [3.8, 4) is 16.9 Å². The smallest absolute Gasteiger partial charge is 0.255 e. The summed E-state index contributed by atoms with van der Waals surface area (Å²) in [6.07, 6.45) is 0.771. The molecular formula is C19H17FN2O2. The normalized spacial score (nSPS) is 16.8. The minimum atomic E-state index is -0.405. The predicted octanol–water partition coefficient (Wildman–Crippen LogP) is 3.15. The van der Waals surface area contributed by atoms with E-state index in [9.17, 15) is 14.3 Å². The molecule has 2 aliphatic rings. The van der Waals surface area contributed by atoms with Crippen LogP contribution in [0.15, 0.2) is 30.8 Å². The highest BCUT2D eigenvalue weighted by atomic mass is 19.1. The van der Waals surface area contributed by atoms with Crippen molar-refractivity contribution >= 4 is 17.2 Å². The molecule has 4 nitrogen and oxygen atoms in total. The monoisotopic (exact) mass is 324 g/mol. The number of aromatic hydroxyl groups is 1. The van der Waals surface area contributed by atoms with Crippen molar-refractivity contribution in [3.05, 3.63) is 53.4 Å². The molecule has 4 rings (SSSR count). The fourth-order valence-corrected chi connectivity index (χ4v) is 3.55. The third-order valence-electron chi connectivity index (χ3n) is 4.81. The fourth-order valence-electron chi connectivity index (χ4n) is 3.55. The summed E-state index contributed by atoms with van der Waals surface area (Å²) in [4.78, 5) is 14.2. The summed E-state index contributed by atoms with van der Waals surface area (Å²) < 4.78 is 13.7. The van der Waals surface area contributed by atoms with Crippen LogP contribution in [-0.2, 0) is 17.8 Å². The number of anilines is 1. The van der Waals surface area contributed by atoms with Gasteiger partial charge in [-0.05, 0) is 54.4 Å². The molecule has 2 heterocycles. The highest BCUT2D eigenvalue weighted by molar-refractivity contribution is 6.31. The standard InChI is InChI=1S/C19H17FN2O2/c1-10-13-8-14(15-7-11(20)3-4-17(15)23)12-5-6-22(2)9-16(12)18(13)21-19(10)24/h3-4,7-8,23H,1,5-6,9H2,2H3,(H,21,24). The lowest BCUT2D eigenvalue weighted by Gasteiger charge is -2.29. The number of phenolic OH excluding ortho intramolecular Hbond substituents is 1. The van der Waals surface area contributed by atoms with Crippen molar-refractivity contribution in [1.29, 1.82) is 0 Å². The van der Waals surface area contributed by atoms with E-state index in [4.69, 9.17) is 0 Å². The van der Waals surface area contributed by atoms with Gasteiger partial charge in [0.1, 0.15) is 11.6 Å². The minimum Gasteiger partial charge on any atom is -0.507 e. The van der Waals surface area contributed by atoms with Crippen LogP contribution < -0.4 is 5.32 Å². The molecule has 0 saturated heterocycles. The molecular weight excluding hydrogens is 307 g/mol. The summed E-state index contributed by atoms with van der Waals surface area (Å²) in [6.45, 7) is 5.41. The van der Waals surface area contributed by atoms with Crippen LogP contribution in [0, 0.1) is 5.82 Å². The van der Waals surface area contributed by atoms with E-state index < -0.39 is 5.82 Å². The average Bonchev–Trinajstić information content (AvgIpc) is 2.84. The summed E-state index contributed by atoms with van der Waals surface area (Å²) in [5, 5.41) is 13.1. The highest BCUT2D eigenvalue weighted by Gasteiger charge is 2.31. The number of phenols is 1. The highest BCUT2D eigenvalue weighted by Crippen LogP contribution is 2.44. The summed E-state index contributed by atoms with van der Waals surface area (Å²) in [5.41, 5.74) is 5.21. The molecule has 0 aromatic heterocycles. The van der Waals surface area contributed by atoms with Crippen molar-refractivity contribution in [2.75, 3.05) is 18.9 Å². The Morgan fingerprint density at radius 2 is 2.00 bits per heavy atom. The average molecular weight is 324 g/mol. The molecule has 122 valence electrons. The van der Waals surface area contributed by atoms with Gasteiger partial charge in [0.25, 0.3) is 5.91 Å². The van der Waals surface area contributed by atoms with E-state index in [0.29, 0.717) is 17.7 Å². The Hall–Kier alpha value is -2.66. The Balaban J connectivity index is 2.02. The van der Waals surface area contributed by atoms with E-state index in [1.54, 1.807) is 0 Å². The molecule has 2 aromatic rings. The zero-order valence-electron chi connectivity index (χ0n) is 13.3. The number of nitrogens with zero attached hydrogens (tertiary/aromatic N) is 1. The number of rotatable bonds is 1. The lowest BCUT2D eigenvalue weighted by molar-refractivity contribution is -0.110. The second-order valence-corrected chi connectivity index (χ2v) is 6.39. The Morgan fingerprint density at radius 1 is 1.21 bits per heavy atom. The van der Waals surface area contributed by atoms with Crippen LogP contribution in [-0.4, -0.2) is 29.5 Å². The van der Waals surface area contributed by atoms with Gasteiger partial charge in [0, 0.05) is 29.8 Å². The van der Waals surface area contributed by atoms with Gasteiger partial charge in [-0.25, -0.2) is 4.39 Å². The van der Waals surface area contributed by atoms with Crippen molar-refractivity contribution in [3.63, 3.8) is 0 Å². The second kappa shape index (κ2) is 5.18. The molecule has 0 aliphatic carbocycles. The topological polar surface area (TPSA) is 52.6 Å². The molecule has 2 aromatic carbocycles. The summed E-state index contributed by atoms with van der Waals surface area (Å²) in [7, 11) is 2.02. The molecule has 0 atom stereocenters. The minimum absolute atomic E-state index is 0.0281. The zero-order chi connectivity index (χ0) is 17.0. The van der Waals surface area contributed by atoms with Crippen molar-refractivity contribution in [2.45, 2.75) is 13.0 Å². The zero-order valence-corrected chi connectivity index (χ0v) is 13.3. The lowest BCUT2D eigenvalue weighted by Crippen LogP contribution is -2.27. The van der Waals surface area contributed by atoms with Gasteiger partial charge in [0.05, 0.1) is 5.69 Å². The van der Waals surface area contributed by atoms with Gasteiger partial charge in [-0.2, -0.15) is 0 Å². The fraction of sp³-hybridized carbons (Fsp3) is 0.211. The van der Waals surface area contributed by atoms with Crippen molar-refractivity contribution in [2.24, 2.45) is 0 Å². The quantitative estimate of drug-likeness (QED) is 0.792. The van der Waals surface area contributed by atoms with E-state index >= 15 is 0 Å². The SMILES string of the molecule is C=C1C(=O)Nc2c1cc(-c1cc(F)ccc1O)c1c2CN(C)CC1. The van der Waals surface area contributed by atoms with Crippen molar-refractivity contribution in [1.82, 2.24) is 4.90 Å². The second-order valence-electron chi connectivity index (χ2n) is 6.39. The van der Waals surface area contributed by atoms with Crippen LogP contribution >= 0.6 is 0 Å². The predicted molar refractivity (Wildman–Crippen MR) is 91.2 cm³/mol. The first kappa shape index (κ1) is 14.9. The maximum Gasteiger partial charge on any atom is 0.255 e. The lowest BCUT2D eigenvalue weighted by atomic mass is 9.86. The van der Waals surface area contributed by atoms with Crippen molar-refractivity contribution < 1.29 is 14.3 Å². The van der Waals surface area contributed by atoms with Gasteiger partial charge in [0.2, 0.25) is 0 Å². The first-order valence-electron chi connectivity index (χ1n) is 7.82. The molecule has 0 unspecified atom stereocenters. The van der Waals surface area contributed by atoms with Gasteiger partial charge in [-0.1, -0.05) is 6.58 Å². The summed E-state index contributed by atoms with van der Waals surface area (Å²) in [6, 6.07) is 5.77. The Morgan fingerprint density at radius 3 is 2.79 bits per heavy atom. The number of hydrogen-bond donors (Lipinski definition) is 2. The molecule has 2 N–H and O–H groups in total. The van der Waals surface area contributed by atoms with Gasteiger partial charge in [-0.3, -0.25) is 4.79 Å². The molecule has 0 radical (unpaired) electrons. The number of likely N-dealkylation sites (N-methyl/N-ethyl adjacent to an activating group) is 1. The van der Waals surface area contributed by atoms with Gasteiger partial charge < -0.3 is 15.3 Å². The number of carbonyl (C=O) groups is 1. The number of halogens is 1. The maximum atomic E-state index is 13.7. The Labute approximate surface area is 139 Å². The Bertz CT molecular complexity index is 905. The van der Waals surface area contributed by atoms with Crippen LogP contribution in [0.3, 0.4) is 0 Å². The third-order valence-corrected chi connectivity index (χ3v) is 4.81. The molecule has 0 bridgehead atoms. The molecule has 1 amide bonds. The first-order valence-corrected chi connectivity index (χ1v) is 7.82. The van der Waals surface area contributed by atoms with Gasteiger partial charge in [0.15, 0.2) is 0 Å². The molecule has 0 spiro atoms. The molecule has 2 aliphatic heterocycles. The molecule has 24 heavy (non-hydrogen) atoms. The summed E-state index contributed by atoms with van der Waals surface area (Å²) in [5.74, 6) is -0.584. The van der Waals surface area contributed by atoms with E-state index in [2.05, 4.69) is 16.8 Å². The molecule has 5 heteroatoms. The third kappa shape index (κ3) is 2.12. The number of fused-ring (bicyclic) bond motifs is 3. The van der Waals surface area contributed by atoms with E-state index in [1.807, 2.05) is 13.1 Å². The number of hydrogen-bond acceptors (Lipinski definition) is 3. The maximum absolute atomic E-state index is 13.7. The van der Waals surface area contributed by atoms with E-state index in [0.717, 1.165) is 40.9 Å². The van der Waals surface area contributed by atoms with Gasteiger partial charge in [-0.15, -0.1) is 0 Å². The van der Waals surface area contributed by atoms with Gasteiger partial charge >= 0.3 is 0 Å². The van der Waals surface area contributed by atoms with Crippen LogP contribution in [0.25, 0.3) is 16.7 Å². The van der Waals surface area contributed by atoms with Crippen LogP contribution in [0.4, 0.5) is 10.1 Å². The van der Waals surface area contributed by atoms with Crippen LogP contribution in [0.2, 0.25) is 0 Å². The van der Waals surface area contributed by atoms with E-state index in [-0.39, 0.29) is 11.7 Å². The molecule has 0 fully saturated rings. The number of benzene rings is 2. The number of nitrogens with one attached hydrogen (secondary N) is 1. The Kier molecular flexibility index (Phi) is 3.21. The molecule has 0 saturated carbocycles. The summed E-state index contributed by atoms with van der Waals surface area (Å²) >= 11 is 0. The largest absolute Gasteiger partial charge is 0.507 e. The van der Waals surface area contributed by atoms with Crippen LogP contribution in [0.1, 0.15) is 16.7 Å². The van der Waals surface area contributed by atoms with E-state index in [1.165, 1.54) is 18.2 Å².